The predicted octanol–water partition coefficient (Wildman–Crippen LogP) is 3.07. The number of hydrogen-bond acceptors (Lipinski definition) is 2. The first-order valence-electron chi connectivity index (χ1n) is 7.35. The molecule has 0 aliphatic heterocycles. The van der Waals surface area contributed by atoms with E-state index in [-0.39, 0.29) is 0 Å². The fraction of sp³-hybridized carbons (Fsp3) is 0.529. The number of aryl methyl sites for hydroxylation is 1. The number of para-hydroxylation sites is 1. The second-order valence-corrected chi connectivity index (χ2v) is 6.48. The van der Waals surface area contributed by atoms with Gasteiger partial charge in [-0.1, -0.05) is 32.0 Å². The minimum atomic E-state index is -0.640. The van der Waals surface area contributed by atoms with Gasteiger partial charge in [-0.15, -0.1) is 0 Å². The highest BCUT2D eigenvalue weighted by Crippen LogP contribution is 2.20. The monoisotopic (exact) mass is 274 g/mol. The summed E-state index contributed by atoms with van der Waals surface area (Å²) in [5, 5.41) is 15.0. The van der Waals surface area contributed by atoms with Crippen molar-refractivity contribution in [1.82, 2.24) is 9.88 Å². The molecule has 1 atom stereocenters. The molecule has 0 bridgehead atoms. The van der Waals surface area contributed by atoms with Crippen molar-refractivity contribution in [3.63, 3.8) is 0 Å². The molecule has 0 saturated carbocycles. The number of nitrogens with zero attached hydrogens (tertiary/aromatic N) is 1. The summed E-state index contributed by atoms with van der Waals surface area (Å²) in [6, 6.07) is 8.42. The van der Waals surface area contributed by atoms with Crippen LogP contribution in [0.25, 0.3) is 10.9 Å². The third-order valence-corrected chi connectivity index (χ3v) is 3.65. The Morgan fingerprint density at radius 1 is 1.30 bits per heavy atom. The van der Waals surface area contributed by atoms with Crippen LogP contribution in [0, 0.1) is 5.92 Å². The van der Waals surface area contributed by atoms with Crippen molar-refractivity contribution >= 4 is 10.9 Å². The Labute approximate surface area is 121 Å². The molecule has 1 unspecified atom stereocenters. The van der Waals surface area contributed by atoms with Crippen molar-refractivity contribution < 1.29 is 5.11 Å². The van der Waals surface area contributed by atoms with Gasteiger partial charge in [0.05, 0.1) is 5.60 Å². The standard InChI is InChI=1S/C17H26N2O/c1-13(2)9-17(3,20)12-18-10-14-11-19(4)16-8-6-5-7-15(14)16/h5-8,11,13,18,20H,9-10,12H2,1-4H3. The van der Waals surface area contributed by atoms with E-state index in [4.69, 9.17) is 0 Å². The number of aliphatic hydroxyl groups is 1. The average molecular weight is 274 g/mol. The largest absolute Gasteiger partial charge is 0.389 e. The van der Waals surface area contributed by atoms with Crippen molar-refractivity contribution in [2.45, 2.75) is 39.3 Å². The summed E-state index contributed by atoms with van der Waals surface area (Å²) in [5.41, 5.74) is 1.89. The van der Waals surface area contributed by atoms with Crippen LogP contribution < -0.4 is 5.32 Å². The molecule has 2 rings (SSSR count). The van der Waals surface area contributed by atoms with E-state index >= 15 is 0 Å². The number of fused-ring (bicyclic) bond motifs is 1. The number of nitrogens with one attached hydrogen (secondary N) is 1. The van der Waals surface area contributed by atoms with Gasteiger partial charge in [0, 0.05) is 37.2 Å². The minimum Gasteiger partial charge on any atom is -0.389 e. The van der Waals surface area contributed by atoms with E-state index in [1.807, 2.05) is 6.92 Å². The molecule has 0 amide bonds. The van der Waals surface area contributed by atoms with Crippen LogP contribution in [0.1, 0.15) is 32.8 Å². The zero-order chi connectivity index (χ0) is 14.8. The molecule has 0 spiro atoms. The van der Waals surface area contributed by atoms with Gasteiger partial charge in [0.25, 0.3) is 0 Å². The summed E-state index contributed by atoms with van der Waals surface area (Å²) in [5.74, 6) is 0.504. The SMILES string of the molecule is CC(C)CC(C)(O)CNCc1cn(C)c2ccccc12. The Morgan fingerprint density at radius 2 is 2.00 bits per heavy atom. The van der Waals surface area contributed by atoms with Crippen LogP contribution in [-0.4, -0.2) is 21.8 Å². The van der Waals surface area contributed by atoms with E-state index in [2.05, 4.69) is 61.2 Å². The molecule has 1 aromatic heterocycles. The van der Waals surface area contributed by atoms with Gasteiger partial charge in [0.15, 0.2) is 0 Å². The third-order valence-electron chi connectivity index (χ3n) is 3.65. The number of benzene rings is 1. The Morgan fingerprint density at radius 3 is 2.70 bits per heavy atom. The van der Waals surface area contributed by atoms with Gasteiger partial charge in [-0.05, 0) is 30.9 Å². The van der Waals surface area contributed by atoms with E-state index in [0.29, 0.717) is 12.5 Å². The van der Waals surface area contributed by atoms with Crippen LogP contribution in [0.15, 0.2) is 30.5 Å². The Balaban J connectivity index is 2.00. The number of aromatic nitrogens is 1. The van der Waals surface area contributed by atoms with E-state index in [0.717, 1.165) is 13.0 Å². The molecule has 0 aliphatic carbocycles. The molecule has 2 N–H and O–H groups in total. The Hall–Kier alpha value is -1.32. The lowest BCUT2D eigenvalue weighted by atomic mass is 9.94. The van der Waals surface area contributed by atoms with Crippen LogP contribution in [-0.2, 0) is 13.6 Å². The van der Waals surface area contributed by atoms with Crippen molar-refractivity contribution in [3.8, 4) is 0 Å². The van der Waals surface area contributed by atoms with Gasteiger partial charge in [-0.3, -0.25) is 0 Å². The van der Waals surface area contributed by atoms with Crippen molar-refractivity contribution in [2.75, 3.05) is 6.54 Å². The van der Waals surface area contributed by atoms with Crippen LogP contribution in [0.2, 0.25) is 0 Å². The summed E-state index contributed by atoms with van der Waals surface area (Å²) in [7, 11) is 2.07. The van der Waals surface area contributed by atoms with Gasteiger partial charge in [-0.2, -0.15) is 0 Å². The molecule has 110 valence electrons. The van der Waals surface area contributed by atoms with Crippen LogP contribution in [0.5, 0.6) is 0 Å². The normalized spacial score (nSPS) is 14.9. The van der Waals surface area contributed by atoms with E-state index in [1.54, 1.807) is 0 Å². The van der Waals surface area contributed by atoms with E-state index < -0.39 is 5.60 Å². The predicted molar refractivity (Wildman–Crippen MR) is 84.7 cm³/mol. The van der Waals surface area contributed by atoms with E-state index in [1.165, 1.54) is 16.5 Å². The summed E-state index contributed by atoms with van der Waals surface area (Å²) in [6.45, 7) is 7.59. The minimum absolute atomic E-state index is 0.504. The zero-order valence-corrected chi connectivity index (χ0v) is 13.0. The highest BCUT2D eigenvalue weighted by Gasteiger charge is 2.21. The fourth-order valence-corrected chi connectivity index (χ4v) is 2.98. The lowest BCUT2D eigenvalue weighted by Gasteiger charge is -2.25. The molecule has 1 heterocycles. The first-order chi connectivity index (χ1) is 9.39. The highest BCUT2D eigenvalue weighted by atomic mass is 16.3. The Bertz CT molecular complexity index is 569. The quantitative estimate of drug-likeness (QED) is 0.849. The maximum atomic E-state index is 10.3. The third kappa shape index (κ3) is 3.62. The van der Waals surface area contributed by atoms with Gasteiger partial charge < -0.3 is 15.0 Å². The topological polar surface area (TPSA) is 37.2 Å². The van der Waals surface area contributed by atoms with Crippen LogP contribution >= 0.6 is 0 Å². The second kappa shape index (κ2) is 5.98. The van der Waals surface area contributed by atoms with Gasteiger partial charge in [-0.25, -0.2) is 0 Å². The average Bonchev–Trinajstić information content (AvgIpc) is 2.65. The van der Waals surface area contributed by atoms with Gasteiger partial charge in [0.1, 0.15) is 0 Å². The molecule has 0 aliphatic rings. The molecule has 0 radical (unpaired) electrons. The lowest BCUT2D eigenvalue weighted by molar-refractivity contribution is 0.0383. The first-order valence-corrected chi connectivity index (χ1v) is 7.35. The van der Waals surface area contributed by atoms with Crippen LogP contribution in [0.4, 0.5) is 0 Å². The number of hydrogen-bond donors (Lipinski definition) is 2. The maximum absolute atomic E-state index is 10.3. The van der Waals surface area contributed by atoms with E-state index in [9.17, 15) is 5.11 Å². The van der Waals surface area contributed by atoms with Crippen molar-refractivity contribution in [3.05, 3.63) is 36.0 Å². The lowest BCUT2D eigenvalue weighted by Crippen LogP contribution is -2.38. The molecule has 20 heavy (non-hydrogen) atoms. The maximum Gasteiger partial charge on any atom is 0.0746 e. The highest BCUT2D eigenvalue weighted by molar-refractivity contribution is 5.83. The Kier molecular flexibility index (Phi) is 4.51. The molecule has 0 fully saturated rings. The zero-order valence-electron chi connectivity index (χ0n) is 13.0. The molecular formula is C17H26N2O. The van der Waals surface area contributed by atoms with Gasteiger partial charge in [0.2, 0.25) is 0 Å². The van der Waals surface area contributed by atoms with Crippen LogP contribution in [0.3, 0.4) is 0 Å². The fourth-order valence-electron chi connectivity index (χ4n) is 2.98. The van der Waals surface area contributed by atoms with Crippen molar-refractivity contribution in [1.29, 1.82) is 0 Å². The van der Waals surface area contributed by atoms with Crippen molar-refractivity contribution in [2.24, 2.45) is 13.0 Å². The summed E-state index contributed by atoms with van der Waals surface area (Å²) >= 11 is 0. The second-order valence-electron chi connectivity index (χ2n) is 6.48. The number of rotatable bonds is 6. The first kappa shape index (κ1) is 15.1. The van der Waals surface area contributed by atoms with Gasteiger partial charge >= 0.3 is 0 Å². The molecule has 3 heteroatoms. The summed E-state index contributed by atoms with van der Waals surface area (Å²) in [4.78, 5) is 0. The smallest absolute Gasteiger partial charge is 0.0746 e. The molecule has 1 aromatic carbocycles. The summed E-state index contributed by atoms with van der Waals surface area (Å²) < 4.78 is 2.15. The molecular weight excluding hydrogens is 248 g/mol. The molecule has 3 nitrogen and oxygen atoms in total. The summed E-state index contributed by atoms with van der Waals surface area (Å²) in [6.07, 6.45) is 2.98. The molecule has 0 saturated heterocycles. The molecule has 2 aromatic rings.